The van der Waals surface area contributed by atoms with Crippen molar-refractivity contribution in [1.29, 1.82) is 0 Å². The summed E-state index contributed by atoms with van der Waals surface area (Å²) in [6.07, 6.45) is 1.84. The van der Waals surface area contributed by atoms with Gasteiger partial charge in [-0.2, -0.15) is 0 Å². The summed E-state index contributed by atoms with van der Waals surface area (Å²) in [6.45, 7) is 3.49. The van der Waals surface area contributed by atoms with Crippen LogP contribution in [0.15, 0.2) is 12.7 Å². The van der Waals surface area contributed by atoms with Gasteiger partial charge in [-0.25, -0.2) is 0 Å². The van der Waals surface area contributed by atoms with Crippen LogP contribution in [-0.4, -0.2) is 0 Å². The normalized spacial score (nSPS) is 8.00. The summed E-state index contributed by atoms with van der Waals surface area (Å²) in [5, 5.41) is 0. The maximum absolute atomic E-state index is 4.61. The Hall–Kier alpha value is 0.700. The summed E-state index contributed by atoms with van der Waals surface area (Å²) in [5.74, 6) is 0. The predicted molar refractivity (Wildman–Crippen MR) is 22.6 cm³/mol. The summed E-state index contributed by atoms with van der Waals surface area (Å²) < 4.78 is 0.998. The first-order valence-corrected chi connectivity index (χ1v) is 4.26. The molecule has 0 amide bonds. The summed E-state index contributed by atoms with van der Waals surface area (Å²) in [4.78, 5) is 0. The van der Waals surface area contributed by atoms with E-state index in [0.29, 0.717) is 17.9 Å². The van der Waals surface area contributed by atoms with Gasteiger partial charge in [0.1, 0.15) is 0 Å². The summed E-state index contributed by atoms with van der Waals surface area (Å²) in [5.41, 5.74) is 0. The van der Waals surface area contributed by atoms with Gasteiger partial charge in [-0.3, -0.25) is 0 Å². The Kier molecular flexibility index (Phi) is 5.36. The Morgan fingerprint density at radius 2 is 2.60 bits per heavy atom. The van der Waals surface area contributed by atoms with Crippen molar-refractivity contribution in [2.45, 2.75) is 4.64 Å². The average molecular weight is 181 g/mol. The molecule has 0 aliphatic rings. The van der Waals surface area contributed by atoms with Crippen molar-refractivity contribution in [3.8, 4) is 0 Å². The first-order chi connectivity index (χ1) is 2.41. The molecule has 0 radical (unpaired) electrons. The molecule has 0 heterocycles. The molecular weight excluding hydrogens is 176 g/mol. The molecule has 0 unspecified atom stereocenters. The van der Waals surface area contributed by atoms with Crippen LogP contribution in [-0.2, 0) is 17.9 Å². The van der Waals surface area contributed by atoms with Crippen LogP contribution in [0.2, 0.25) is 4.64 Å². The Morgan fingerprint density at radius 3 is 2.60 bits per heavy atom. The van der Waals surface area contributed by atoms with Crippen molar-refractivity contribution in [3.05, 3.63) is 12.7 Å². The molecule has 0 nitrogen and oxygen atoms in total. The molecule has 0 N–H and O–H groups in total. The zero-order valence-corrected chi connectivity index (χ0v) is 5.00. The first kappa shape index (κ1) is 5.70. The molecule has 0 aliphatic carbocycles. The maximum atomic E-state index is 4.61. The molecular formula is C3H5AgS. The fourth-order valence-corrected chi connectivity index (χ4v) is 0.631. The van der Waals surface area contributed by atoms with E-state index in [1.165, 1.54) is 0 Å². The van der Waals surface area contributed by atoms with Crippen LogP contribution in [0.1, 0.15) is 0 Å². The Morgan fingerprint density at radius 1 is 2.00 bits per heavy atom. The molecule has 0 atom stereocenters. The van der Waals surface area contributed by atoms with Gasteiger partial charge < -0.3 is 0 Å². The van der Waals surface area contributed by atoms with Gasteiger partial charge in [0.2, 0.25) is 0 Å². The molecule has 0 aromatic carbocycles. The zero-order chi connectivity index (χ0) is 4.12. The average Bonchev–Trinajstić information content (AvgIpc) is 1.41. The van der Waals surface area contributed by atoms with Gasteiger partial charge in [0, 0.05) is 0 Å². The van der Waals surface area contributed by atoms with E-state index in [2.05, 4.69) is 16.2 Å². The zero-order valence-electron chi connectivity index (χ0n) is 2.70. The van der Waals surface area contributed by atoms with Crippen molar-refractivity contribution < 1.29 is 17.9 Å². The van der Waals surface area contributed by atoms with Gasteiger partial charge in [0.15, 0.2) is 0 Å². The minimum absolute atomic E-state index is 0.608. The third kappa shape index (κ3) is 4.70. The van der Waals surface area contributed by atoms with Crippen molar-refractivity contribution in [2.24, 2.45) is 0 Å². The predicted octanol–water partition coefficient (Wildman–Crippen LogP) is 1.79. The van der Waals surface area contributed by atoms with Gasteiger partial charge >= 0.3 is 44.7 Å². The van der Waals surface area contributed by atoms with Crippen molar-refractivity contribution in [1.82, 2.24) is 0 Å². The van der Waals surface area contributed by atoms with E-state index in [9.17, 15) is 0 Å². The van der Waals surface area contributed by atoms with E-state index in [1.54, 1.807) is 0 Å². The molecule has 0 rings (SSSR count). The molecule has 34 valence electrons. The third-order valence-electron chi connectivity index (χ3n) is 0.137. The molecule has 5 heavy (non-hydrogen) atoms. The van der Waals surface area contributed by atoms with Gasteiger partial charge in [-0.05, 0) is 0 Å². The van der Waals surface area contributed by atoms with Gasteiger partial charge in [-0.15, -0.1) is 0 Å². The minimum atomic E-state index is 0.608. The van der Waals surface area contributed by atoms with Crippen LogP contribution in [0.4, 0.5) is 0 Å². The molecule has 0 aliphatic heterocycles. The first-order valence-electron chi connectivity index (χ1n) is 1.15. The van der Waals surface area contributed by atoms with E-state index in [4.69, 9.17) is 0 Å². The Balaban J connectivity index is 2.65. The van der Waals surface area contributed by atoms with E-state index in [0.717, 1.165) is 4.64 Å². The number of rotatable bonds is 2. The van der Waals surface area contributed by atoms with E-state index >= 15 is 0 Å². The third-order valence-corrected chi connectivity index (χ3v) is 1.41. The number of hydrogen-bond donors (Lipinski definition) is 0. The molecule has 0 bridgehead atoms. The van der Waals surface area contributed by atoms with Crippen LogP contribution in [0, 0.1) is 0 Å². The molecule has 0 spiro atoms. The van der Waals surface area contributed by atoms with Crippen LogP contribution in [0.25, 0.3) is 0 Å². The van der Waals surface area contributed by atoms with Gasteiger partial charge in [0.25, 0.3) is 0 Å². The standard InChI is InChI=1S/C3H5.Ag.S/c1-3-2;;/h3H,1-2H2;;. The summed E-state index contributed by atoms with van der Waals surface area (Å²) in [7, 11) is 4.61. The summed E-state index contributed by atoms with van der Waals surface area (Å²) >= 11 is 0.608. The van der Waals surface area contributed by atoms with Crippen LogP contribution >= 0.6 is 9.58 Å². The van der Waals surface area contributed by atoms with E-state index < -0.39 is 0 Å². The number of allylic oxidation sites excluding steroid dienone is 1. The molecule has 2 heteroatoms. The number of hydrogen-bond acceptors (Lipinski definition) is 1. The monoisotopic (exact) mass is 180 g/mol. The molecule has 0 saturated carbocycles. The fourth-order valence-electron chi connectivity index (χ4n) is 0.0355. The van der Waals surface area contributed by atoms with Crippen molar-refractivity contribution >= 4 is 9.58 Å². The van der Waals surface area contributed by atoms with Crippen LogP contribution < -0.4 is 0 Å². The second kappa shape index (κ2) is 4.70. The fraction of sp³-hybridized carbons (Fsp3) is 0.333. The molecule has 0 saturated heterocycles. The van der Waals surface area contributed by atoms with Crippen LogP contribution in [0.3, 0.4) is 0 Å². The van der Waals surface area contributed by atoms with Crippen molar-refractivity contribution in [3.63, 3.8) is 0 Å². The molecule has 0 fully saturated rings. The van der Waals surface area contributed by atoms with Crippen LogP contribution in [0.5, 0.6) is 0 Å². The quantitative estimate of drug-likeness (QED) is 0.462. The SMILES string of the molecule is C=C[CH2][Ag]=[S]. The molecule has 0 aromatic heterocycles. The topological polar surface area (TPSA) is 0 Å². The van der Waals surface area contributed by atoms with E-state index in [1.807, 2.05) is 6.08 Å². The Labute approximate surface area is 44.9 Å². The second-order valence-corrected chi connectivity index (χ2v) is 2.56. The second-order valence-electron chi connectivity index (χ2n) is 0.499. The van der Waals surface area contributed by atoms with Gasteiger partial charge in [-0.1, -0.05) is 0 Å². The van der Waals surface area contributed by atoms with Gasteiger partial charge in [0.05, 0.1) is 0 Å². The molecule has 0 aromatic rings. The van der Waals surface area contributed by atoms with E-state index in [-0.39, 0.29) is 0 Å². The Bertz CT molecular complexity index is 36.2. The summed E-state index contributed by atoms with van der Waals surface area (Å²) in [6, 6.07) is 0. The van der Waals surface area contributed by atoms with Crippen molar-refractivity contribution in [2.75, 3.05) is 0 Å².